The van der Waals surface area contributed by atoms with Crippen LogP contribution in [0, 0.1) is 0 Å². The predicted octanol–water partition coefficient (Wildman–Crippen LogP) is 4.62. The highest BCUT2D eigenvalue weighted by atomic mass is 32.2. The number of hydrogen-bond acceptors (Lipinski definition) is 5. The quantitative estimate of drug-likeness (QED) is 0.254. The van der Waals surface area contributed by atoms with Crippen molar-refractivity contribution in [2.45, 2.75) is 54.9 Å². The number of amides is 1. The molecular formula is C20H27NO4S2. The molecule has 1 heterocycles. The minimum absolute atomic E-state index is 0.0330. The fourth-order valence-corrected chi connectivity index (χ4v) is 4.34. The van der Waals surface area contributed by atoms with Gasteiger partial charge in [0.1, 0.15) is 5.44 Å². The number of carbonyl (C=O) groups excluding carboxylic acids is 1. The maximum atomic E-state index is 12.3. The van der Waals surface area contributed by atoms with E-state index in [0.29, 0.717) is 18.7 Å². The van der Waals surface area contributed by atoms with E-state index in [1.54, 1.807) is 6.08 Å². The van der Waals surface area contributed by atoms with Gasteiger partial charge in [0.25, 0.3) is 0 Å². The van der Waals surface area contributed by atoms with Crippen molar-refractivity contribution >= 4 is 34.7 Å². The van der Waals surface area contributed by atoms with Crippen LogP contribution in [0.5, 0.6) is 0 Å². The number of rotatable bonds is 10. The summed E-state index contributed by atoms with van der Waals surface area (Å²) in [4.78, 5) is 25.7. The van der Waals surface area contributed by atoms with Gasteiger partial charge in [-0.25, -0.2) is 4.79 Å². The SMILES string of the molecule is O=C(O)SCCCCCN1C(=O)CCC[C@@H]1C=CC(O)Sc1ccccc1. The van der Waals surface area contributed by atoms with Crippen LogP contribution in [0.3, 0.4) is 0 Å². The van der Waals surface area contributed by atoms with Gasteiger partial charge in [0, 0.05) is 23.6 Å². The Balaban J connectivity index is 1.79. The minimum atomic E-state index is -0.835. The first kappa shape index (κ1) is 21.9. The third-order valence-corrected chi connectivity index (χ3v) is 6.06. The summed E-state index contributed by atoms with van der Waals surface area (Å²) in [6.45, 7) is 0.688. The first-order chi connectivity index (χ1) is 13.1. The molecule has 1 amide bonds. The van der Waals surface area contributed by atoms with Gasteiger partial charge in [0.15, 0.2) is 0 Å². The van der Waals surface area contributed by atoms with Gasteiger partial charge in [-0.15, -0.1) is 0 Å². The molecule has 1 aromatic rings. The third-order valence-electron chi connectivity index (χ3n) is 4.38. The molecule has 1 aliphatic heterocycles. The molecular weight excluding hydrogens is 382 g/mol. The molecule has 1 unspecified atom stereocenters. The fraction of sp³-hybridized carbons (Fsp3) is 0.500. The van der Waals surface area contributed by atoms with Gasteiger partial charge in [-0.05, 0) is 55.7 Å². The molecule has 27 heavy (non-hydrogen) atoms. The second kappa shape index (κ2) is 12.1. The van der Waals surface area contributed by atoms with Crippen molar-refractivity contribution in [2.75, 3.05) is 12.3 Å². The normalized spacial score (nSPS) is 18.8. The average Bonchev–Trinajstić information content (AvgIpc) is 2.65. The zero-order valence-electron chi connectivity index (χ0n) is 15.3. The number of carboxylic acid groups (broad SMARTS) is 1. The average molecular weight is 410 g/mol. The van der Waals surface area contributed by atoms with Crippen LogP contribution in [0.25, 0.3) is 0 Å². The maximum absolute atomic E-state index is 12.3. The van der Waals surface area contributed by atoms with E-state index in [4.69, 9.17) is 5.11 Å². The Morgan fingerprint density at radius 3 is 2.78 bits per heavy atom. The predicted molar refractivity (Wildman–Crippen MR) is 111 cm³/mol. The molecule has 1 aliphatic rings. The van der Waals surface area contributed by atoms with Crippen molar-refractivity contribution in [1.82, 2.24) is 4.90 Å². The third kappa shape index (κ3) is 8.41. The number of piperidine rings is 1. The lowest BCUT2D eigenvalue weighted by Crippen LogP contribution is -2.43. The zero-order chi connectivity index (χ0) is 19.5. The van der Waals surface area contributed by atoms with E-state index in [1.165, 1.54) is 11.8 Å². The van der Waals surface area contributed by atoms with Crippen molar-refractivity contribution in [3.05, 3.63) is 42.5 Å². The number of aliphatic hydroxyl groups is 1. The lowest BCUT2D eigenvalue weighted by atomic mass is 10.0. The number of nitrogens with zero attached hydrogens (tertiary/aromatic N) is 1. The lowest BCUT2D eigenvalue weighted by molar-refractivity contribution is -0.135. The van der Waals surface area contributed by atoms with E-state index in [-0.39, 0.29) is 11.9 Å². The number of aliphatic hydroxyl groups excluding tert-OH is 1. The van der Waals surface area contributed by atoms with E-state index >= 15 is 0 Å². The highest BCUT2D eigenvalue weighted by Crippen LogP contribution is 2.24. The number of benzene rings is 1. The lowest BCUT2D eigenvalue weighted by Gasteiger charge is -2.34. The largest absolute Gasteiger partial charge is 0.473 e. The molecule has 0 saturated carbocycles. The number of thioether (sulfide) groups is 2. The van der Waals surface area contributed by atoms with Crippen molar-refractivity contribution in [1.29, 1.82) is 0 Å². The molecule has 1 fully saturated rings. The molecule has 2 atom stereocenters. The van der Waals surface area contributed by atoms with Crippen LogP contribution in [0.4, 0.5) is 4.79 Å². The van der Waals surface area contributed by atoms with Crippen molar-refractivity contribution < 1.29 is 19.8 Å². The summed E-state index contributed by atoms with van der Waals surface area (Å²) in [5, 5.41) is 18.0. The zero-order valence-corrected chi connectivity index (χ0v) is 17.0. The number of carbonyl (C=O) groups is 2. The van der Waals surface area contributed by atoms with E-state index in [2.05, 4.69) is 0 Å². The van der Waals surface area contributed by atoms with Crippen LogP contribution in [-0.2, 0) is 4.79 Å². The van der Waals surface area contributed by atoms with E-state index in [9.17, 15) is 14.7 Å². The Morgan fingerprint density at radius 1 is 1.26 bits per heavy atom. The standard InChI is InChI=1S/C20H27NO4S2/c22-18-11-7-8-16(21(18)14-5-2-6-15-26-20(24)25)12-13-19(23)27-17-9-3-1-4-10-17/h1,3-4,9-10,12-13,16,19,23H,2,5-8,11,14-15H2,(H,24,25)/t16-,19?/m1/s1. The maximum Gasteiger partial charge on any atom is 0.364 e. The first-order valence-corrected chi connectivity index (χ1v) is 11.2. The van der Waals surface area contributed by atoms with Gasteiger partial charge in [0.05, 0.1) is 6.04 Å². The summed E-state index contributed by atoms with van der Waals surface area (Å²) in [6.07, 6.45) is 8.73. The molecule has 7 heteroatoms. The molecule has 0 spiro atoms. The first-order valence-electron chi connectivity index (χ1n) is 9.29. The molecule has 1 saturated heterocycles. The van der Waals surface area contributed by atoms with E-state index < -0.39 is 10.7 Å². The van der Waals surface area contributed by atoms with E-state index in [1.807, 2.05) is 41.3 Å². The highest BCUT2D eigenvalue weighted by molar-refractivity contribution is 8.13. The molecule has 1 aromatic carbocycles. The van der Waals surface area contributed by atoms with Crippen LogP contribution >= 0.6 is 23.5 Å². The van der Waals surface area contributed by atoms with Gasteiger partial charge >= 0.3 is 5.30 Å². The van der Waals surface area contributed by atoms with E-state index in [0.717, 1.165) is 48.8 Å². The van der Waals surface area contributed by atoms with Gasteiger partial charge < -0.3 is 15.1 Å². The topological polar surface area (TPSA) is 77.8 Å². The van der Waals surface area contributed by atoms with Gasteiger partial charge in [-0.1, -0.05) is 42.5 Å². The highest BCUT2D eigenvalue weighted by Gasteiger charge is 2.25. The fourth-order valence-electron chi connectivity index (χ4n) is 3.06. The summed E-state index contributed by atoms with van der Waals surface area (Å²) in [6, 6.07) is 9.77. The molecule has 5 nitrogen and oxygen atoms in total. The van der Waals surface area contributed by atoms with Crippen molar-refractivity contribution in [3.8, 4) is 0 Å². The Bertz CT molecular complexity index is 624. The molecule has 2 rings (SSSR count). The summed E-state index contributed by atoms with van der Waals surface area (Å²) >= 11 is 2.30. The minimum Gasteiger partial charge on any atom is -0.473 e. The van der Waals surface area contributed by atoms with Gasteiger partial charge in [-0.3, -0.25) is 4.79 Å². The molecule has 2 N–H and O–H groups in total. The summed E-state index contributed by atoms with van der Waals surface area (Å²) in [7, 11) is 0. The molecule has 148 valence electrons. The molecule has 0 bridgehead atoms. The molecule has 0 aromatic heterocycles. The Morgan fingerprint density at radius 2 is 2.04 bits per heavy atom. The number of likely N-dealkylation sites (tertiary alicyclic amines) is 1. The van der Waals surface area contributed by atoms with Crippen LogP contribution in [-0.4, -0.2) is 50.1 Å². The van der Waals surface area contributed by atoms with Crippen molar-refractivity contribution in [2.24, 2.45) is 0 Å². The number of unbranched alkanes of at least 4 members (excludes halogenated alkanes) is 2. The Hall–Kier alpha value is -1.44. The molecule has 0 radical (unpaired) electrons. The monoisotopic (exact) mass is 409 g/mol. The smallest absolute Gasteiger partial charge is 0.364 e. The van der Waals surface area contributed by atoms with Crippen LogP contribution in [0.15, 0.2) is 47.4 Å². The molecule has 0 aliphatic carbocycles. The Kier molecular flexibility index (Phi) is 9.80. The van der Waals surface area contributed by atoms with Crippen LogP contribution in [0.1, 0.15) is 38.5 Å². The number of hydrogen-bond donors (Lipinski definition) is 2. The summed E-state index contributed by atoms with van der Waals surface area (Å²) < 4.78 is 0. The Labute approximate surface area is 169 Å². The van der Waals surface area contributed by atoms with Gasteiger partial charge in [0.2, 0.25) is 5.91 Å². The second-order valence-corrected chi connectivity index (χ2v) is 8.66. The second-order valence-electron chi connectivity index (χ2n) is 6.43. The van der Waals surface area contributed by atoms with Gasteiger partial charge in [-0.2, -0.15) is 0 Å². The van der Waals surface area contributed by atoms with Crippen molar-refractivity contribution in [3.63, 3.8) is 0 Å². The van der Waals surface area contributed by atoms with Crippen LogP contribution in [0.2, 0.25) is 0 Å². The summed E-state index contributed by atoms with van der Waals surface area (Å²) in [5.74, 6) is 0.774. The van der Waals surface area contributed by atoms with Crippen LogP contribution < -0.4 is 0 Å². The summed E-state index contributed by atoms with van der Waals surface area (Å²) in [5.41, 5.74) is -0.640.